The number of rotatable bonds is 39. The second-order valence-corrected chi connectivity index (χ2v) is 15.6. The molecule has 1 N–H and O–H groups in total. The smallest absolute Gasteiger partial charge is 0.306 e. The molecule has 5 heteroatoms. The molecule has 0 saturated carbocycles. The lowest BCUT2D eigenvalue weighted by molar-refractivity contribution is -0.156. The molecular formula is C44H86O5. The molecule has 0 heterocycles. The van der Waals surface area contributed by atoms with Gasteiger partial charge >= 0.3 is 11.9 Å². The predicted molar refractivity (Wildman–Crippen MR) is 210 cm³/mol. The summed E-state index contributed by atoms with van der Waals surface area (Å²) >= 11 is 0. The Morgan fingerprint density at radius 1 is 0.449 bits per heavy atom. The van der Waals surface area contributed by atoms with Crippen molar-refractivity contribution in [3.63, 3.8) is 0 Å². The van der Waals surface area contributed by atoms with Gasteiger partial charge in [0.05, 0.1) is 12.7 Å². The molecule has 0 bridgehead atoms. The third-order valence-corrected chi connectivity index (χ3v) is 10.00. The molecule has 0 aliphatic heterocycles. The molecule has 0 rings (SSSR count). The van der Waals surface area contributed by atoms with Crippen LogP contribution in [0.15, 0.2) is 0 Å². The first-order valence-electron chi connectivity index (χ1n) is 21.9. The summed E-state index contributed by atoms with van der Waals surface area (Å²) < 4.78 is 11.1. The van der Waals surface area contributed by atoms with Gasteiger partial charge in [-0.05, 0) is 38.0 Å². The van der Waals surface area contributed by atoms with Crippen molar-refractivity contribution in [2.24, 2.45) is 5.92 Å². The van der Waals surface area contributed by atoms with E-state index in [0.29, 0.717) is 31.8 Å². The Bertz CT molecular complexity index is 693. The molecular weight excluding hydrogens is 608 g/mol. The van der Waals surface area contributed by atoms with Crippen molar-refractivity contribution in [3.8, 4) is 0 Å². The fourth-order valence-corrected chi connectivity index (χ4v) is 6.70. The van der Waals surface area contributed by atoms with E-state index in [1.54, 1.807) is 0 Å². The van der Waals surface area contributed by atoms with Gasteiger partial charge in [-0.15, -0.1) is 0 Å². The molecule has 0 fully saturated rings. The largest absolute Gasteiger partial charge is 0.465 e. The van der Waals surface area contributed by atoms with Crippen LogP contribution in [0.25, 0.3) is 0 Å². The van der Waals surface area contributed by atoms with Gasteiger partial charge in [0.2, 0.25) is 0 Å². The van der Waals surface area contributed by atoms with Crippen LogP contribution in [0.3, 0.4) is 0 Å². The molecule has 2 atom stereocenters. The molecule has 0 saturated heterocycles. The fraction of sp³-hybridized carbons (Fsp3) is 0.955. The SMILES string of the molecule is CCCCCCCCCCCCCCCCCCCCCC(=O)OC(CCCCCCCC)C(O)CCCCCCCC(=O)OCC(C)C. The van der Waals surface area contributed by atoms with Crippen molar-refractivity contribution in [1.82, 2.24) is 0 Å². The average Bonchev–Trinajstić information content (AvgIpc) is 3.08. The van der Waals surface area contributed by atoms with Crippen LogP contribution in [0.5, 0.6) is 0 Å². The Kier molecular flexibility index (Phi) is 37.3. The lowest BCUT2D eigenvalue weighted by Crippen LogP contribution is -2.31. The van der Waals surface area contributed by atoms with E-state index in [1.165, 1.54) is 135 Å². The molecule has 292 valence electrons. The van der Waals surface area contributed by atoms with Gasteiger partial charge in [-0.3, -0.25) is 9.59 Å². The Hall–Kier alpha value is -1.10. The molecule has 0 aliphatic carbocycles. The summed E-state index contributed by atoms with van der Waals surface area (Å²) in [5.41, 5.74) is 0. The Labute approximate surface area is 306 Å². The Morgan fingerprint density at radius 3 is 1.16 bits per heavy atom. The van der Waals surface area contributed by atoms with Gasteiger partial charge in [-0.1, -0.05) is 201 Å². The monoisotopic (exact) mass is 695 g/mol. The van der Waals surface area contributed by atoms with Gasteiger partial charge in [-0.25, -0.2) is 0 Å². The van der Waals surface area contributed by atoms with Crippen LogP contribution < -0.4 is 0 Å². The summed E-state index contributed by atoms with van der Waals surface area (Å²) in [4.78, 5) is 24.5. The summed E-state index contributed by atoms with van der Waals surface area (Å²) in [5.74, 6) is 0.146. The molecule has 0 aromatic carbocycles. The van der Waals surface area contributed by atoms with Crippen LogP contribution in [-0.4, -0.2) is 35.9 Å². The van der Waals surface area contributed by atoms with Crippen LogP contribution in [0.1, 0.15) is 246 Å². The zero-order valence-electron chi connectivity index (χ0n) is 33.6. The number of carbonyl (C=O) groups is 2. The molecule has 0 amide bonds. The first-order valence-corrected chi connectivity index (χ1v) is 21.9. The first-order chi connectivity index (χ1) is 23.9. The maximum atomic E-state index is 12.7. The quantitative estimate of drug-likeness (QED) is 0.0512. The van der Waals surface area contributed by atoms with Crippen LogP contribution in [0.2, 0.25) is 0 Å². The minimum absolute atomic E-state index is 0.0938. The highest BCUT2D eigenvalue weighted by atomic mass is 16.6. The molecule has 0 aromatic rings. The van der Waals surface area contributed by atoms with E-state index in [0.717, 1.165) is 64.2 Å². The second-order valence-electron chi connectivity index (χ2n) is 15.6. The molecule has 0 aromatic heterocycles. The number of aliphatic hydroxyl groups is 1. The number of carbonyl (C=O) groups excluding carboxylic acids is 2. The Morgan fingerprint density at radius 2 is 0.776 bits per heavy atom. The highest BCUT2D eigenvalue weighted by molar-refractivity contribution is 5.69. The zero-order valence-corrected chi connectivity index (χ0v) is 33.6. The number of hydrogen-bond donors (Lipinski definition) is 1. The lowest BCUT2D eigenvalue weighted by Gasteiger charge is -2.23. The number of esters is 2. The van der Waals surface area contributed by atoms with Gasteiger partial charge in [0.1, 0.15) is 6.10 Å². The van der Waals surface area contributed by atoms with Gasteiger partial charge in [-0.2, -0.15) is 0 Å². The molecule has 0 aliphatic rings. The summed E-state index contributed by atoms with van der Waals surface area (Å²) in [6, 6.07) is 0. The van der Waals surface area contributed by atoms with E-state index < -0.39 is 6.10 Å². The molecule has 2 unspecified atom stereocenters. The van der Waals surface area contributed by atoms with Crippen molar-refractivity contribution < 1.29 is 24.2 Å². The van der Waals surface area contributed by atoms with Crippen molar-refractivity contribution >= 4 is 11.9 Å². The number of hydrogen-bond acceptors (Lipinski definition) is 5. The highest BCUT2D eigenvalue weighted by Gasteiger charge is 2.22. The zero-order chi connectivity index (χ0) is 36.0. The topological polar surface area (TPSA) is 72.8 Å². The minimum atomic E-state index is -0.587. The van der Waals surface area contributed by atoms with Gasteiger partial charge in [0.15, 0.2) is 0 Å². The molecule has 5 nitrogen and oxygen atoms in total. The third-order valence-electron chi connectivity index (χ3n) is 10.00. The summed E-state index contributed by atoms with van der Waals surface area (Å²) in [6.45, 7) is 9.11. The highest BCUT2D eigenvalue weighted by Crippen LogP contribution is 2.20. The van der Waals surface area contributed by atoms with E-state index in [2.05, 4.69) is 13.8 Å². The van der Waals surface area contributed by atoms with Crippen LogP contribution in [0, 0.1) is 5.92 Å². The Balaban J connectivity index is 3.99. The van der Waals surface area contributed by atoms with Crippen molar-refractivity contribution in [2.75, 3.05) is 6.61 Å². The average molecular weight is 695 g/mol. The fourth-order valence-electron chi connectivity index (χ4n) is 6.70. The minimum Gasteiger partial charge on any atom is -0.465 e. The molecule has 49 heavy (non-hydrogen) atoms. The van der Waals surface area contributed by atoms with E-state index in [4.69, 9.17) is 9.47 Å². The van der Waals surface area contributed by atoms with E-state index in [9.17, 15) is 14.7 Å². The lowest BCUT2D eigenvalue weighted by atomic mass is 9.99. The number of aliphatic hydroxyl groups excluding tert-OH is 1. The number of unbranched alkanes of at least 4 members (excludes halogenated alkanes) is 27. The van der Waals surface area contributed by atoms with Crippen molar-refractivity contribution in [2.45, 2.75) is 258 Å². The first kappa shape index (κ1) is 47.9. The van der Waals surface area contributed by atoms with Crippen LogP contribution in [0.4, 0.5) is 0 Å². The summed E-state index contributed by atoms with van der Waals surface area (Å²) in [7, 11) is 0. The van der Waals surface area contributed by atoms with Gasteiger partial charge < -0.3 is 14.6 Å². The van der Waals surface area contributed by atoms with Crippen LogP contribution >= 0.6 is 0 Å². The number of ether oxygens (including phenoxy) is 2. The van der Waals surface area contributed by atoms with E-state index in [-0.39, 0.29) is 18.0 Å². The second kappa shape index (κ2) is 38.1. The molecule has 0 radical (unpaired) electrons. The summed E-state index contributed by atoms with van der Waals surface area (Å²) in [5, 5.41) is 11.0. The predicted octanol–water partition coefficient (Wildman–Crippen LogP) is 13.8. The van der Waals surface area contributed by atoms with Gasteiger partial charge in [0, 0.05) is 12.8 Å². The van der Waals surface area contributed by atoms with E-state index >= 15 is 0 Å². The maximum Gasteiger partial charge on any atom is 0.306 e. The van der Waals surface area contributed by atoms with Crippen molar-refractivity contribution in [3.05, 3.63) is 0 Å². The van der Waals surface area contributed by atoms with Crippen molar-refractivity contribution in [1.29, 1.82) is 0 Å². The summed E-state index contributed by atoms with van der Waals surface area (Å²) in [6.07, 6.45) is 39.0. The van der Waals surface area contributed by atoms with Gasteiger partial charge in [0.25, 0.3) is 0 Å². The maximum absolute atomic E-state index is 12.7. The standard InChI is InChI=1S/C44H86O5/c1-5-7-9-11-13-14-15-16-17-18-19-20-21-22-23-24-25-29-34-38-44(47)49-42(36-32-28-12-10-8-6-2)41(45)35-31-27-26-30-33-37-43(46)48-39-40(3)4/h40-42,45H,5-39H2,1-4H3. The van der Waals surface area contributed by atoms with E-state index in [1.807, 2.05) is 13.8 Å². The third kappa shape index (κ3) is 36.5. The van der Waals surface area contributed by atoms with Crippen LogP contribution in [-0.2, 0) is 19.1 Å². The molecule has 0 spiro atoms. The normalized spacial score (nSPS) is 12.8.